The summed E-state index contributed by atoms with van der Waals surface area (Å²) in [6.45, 7) is 2.41. The maximum Gasteiger partial charge on any atom is 0.451 e. The van der Waals surface area contributed by atoms with E-state index in [1.165, 1.54) is 22.5 Å². The van der Waals surface area contributed by atoms with Crippen molar-refractivity contribution < 1.29 is 22.7 Å². The van der Waals surface area contributed by atoms with Gasteiger partial charge in [0.2, 0.25) is 11.7 Å². The number of aryl methyl sites for hydroxylation is 1. The minimum Gasteiger partial charge on any atom is -0.376 e. The lowest BCUT2D eigenvalue weighted by atomic mass is 10.2. The summed E-state index contributed by atoms with van der Waals surface area (Å²) in [5, 5.41) is 0. The molecule has 0 saturated carbocycles. The fraction of sp³-hybridized carbons (Fsp3) is 0.348. The summed E-state index contributed by atoms with van der Waals surface area (Å²) in [7, 11) is 1.54. The molecule has 12 nitrogen and oxygen atoms in total. The van der Waals surface area contributed by atoms with Crippen molar-refractivity contribution in [3.8, 4) is 11.3 Å². The first kappa shape index (κ1) is 26.7. The Balaban J connectivity index is 0.000000186. The number of hydrogen-bond acceptors (Lipinski definition) is 8. The Kier molecular flexibility index (Phi) is 7.39. The van der Waals surface area contributed by atoms with Crippen LogP contribution in [0.4, 0.5) is 13.2 Å². The molecule has 0 spiro atoms. The van der Waals surface area contributed by atoms with E-state index in [0.29, 0.717) is 17.9 Å². The topological polar surface area (TPSA) is 153 Å². The van der Waals surface area contributed by atoms with E-state index in [-0.39, 0.29) is 23.8 Å². The van der Waals surface area contributed by atoms with Gasteiger partial charge in [-0.15, -0.1) is 0 Å². The van der Waals surface area contributed by atoms with Gasteiger partial charge in [-0.05, 0) is 25.5 Å². The zero-order chi connectivity index (χ0) is 27.6. The van der Waals surface area contributed by atoms with E-state index in [2.05, 4.69) is 19.9 Å². The molecule has 38 heavy (non-hydrogen) atoms. The number of carbonyl (C=O) groups is 1. The van der Waals surface area contributed by atoms with Crippen LogP contribution in [0.2, 0.25) is 0 Å². The Hall–Kier alpha value is -4.40. The average molecular weight is 532 g/mol. The van der Waals surface area contributed by atoms with Crippen LogP contribution >= 0.6 is 0 Å². The van der Waals surface area contributed by atoms with Gasteiger partial charge in [-0.2, -0.15) is 13.2 Å². The minimum absolute atomic E-state index is 0.132. The van der Waals surface area contributed by atoms with Crippen molar-refractivity contribution in [2.24, 2.45) is 12.8 Å². The number of amides is 1. The van der Waals surface area contributed by atoms with E-state index in [4.69, 9.17) is 10.5 Å². The first-order valence-corrected chi connectivity index (χ1v) is 11.4. The van der Waals surface area contributed by atoms with Gasteiger partial charge in [-0.1, -0.05) is 6.07 Å². The maximum absolute atomic E-state index is 12.7. The number of nitrogens with zero attached hydrogens (tertiary/aromatic N) is 7. The van der Waals surface area contributed by atoms with Crippen LogP contribution in [0, 0.1) is 0 Å². The summed E-state index contributed by atoms with van der Waals surface area (Å²) in [5.41, 5.74) is 5.77. The van der Waals surface area contributed by atoms with Crippen LogP contribution in [-0.2, 0) is 29.3 Å². The highest BCUT2D eigenvalue weighted by molar-refractivity contribution is 5.81. The van der Waals surface area contributed by atoms with Gasteiger partial charge in [0.1, 0.15) is 6.04 Å². The maximum atomic E-state index is 12.7. The molecule has 15 heteroatoms. The lowest BCUT2D eigenvalue weighted by molar-refractivity contribution is -0.145. The van der Waals surface area contributed by atoms with Gasteiger partial charge in [0.25, 0.3) is 5.56 Å². The van der Waals surface area contributed by atoms with Gasteiger partial charge in [0.05, 0.1) is 24.7 Å². The predicted octanol–water partition coefficient (Wildman–Crippen LogP) is 1.29. The molecule has 5 rings (SSSR count). The van der Waals surface area contributed by atoms with Crippen LogP contribution in [0.25, 0.3) is 22.4 Å². The smallest absolute Gasteiger partial charge is 0.376 e. The molecule has 1 unspecified atom stereocenters. The van der Waals surface area contributed by atoms with Gasteiger partial charge in [0, 0.05) is 37.8 Å². The van der Waals surface area contributed by atoms with E-state index >= 15 is 0 Å². The summed E-state index contributed by atoms with van der Waals surface area (Å²) in [5.74, 6) is -1.73. The third kappa shape index (κ3) is 5.32. The highest BCUT2D eigenvalue weighted by Crippen LogP contribution is 2.26. The normalized spacial score (nSPS) is 15.9. The summed E-state index contributed by atoms with van der Waals surface area (Å²) in [6.07, 6.45) is 1.29. The van der Waals surface area contributed by atoms with Crippen molar-refractivity contribution in [3.05, 3.63) is 69.8 Å². The number of nitrogens with two attached hydrogens (primary N) is 1. The summed E-state index contributed by atoms with van der Waals surface area (Å²) >= 11 is 0. The lowest BCUT2D eigenvalue weighted by Gasteiger charge is -2.26. The van der Waals surface area contributed by atoms with E-state index in [9.17, 15) is 27.6 Å². The Morgan fingerprint density at radius 3 is 2.39 bits per heavy atom. The molecule has 4 aromatic heterocycles. The molecule has 1 saturated heterocycles. The van der Waals surface area contributed by atoms with Gasteiger partial charge in [0.15, 0.2) is 11.2 Å². The second-order valence-corrected chi connectivity index (χ2v) is 8.45. The molecule has 0 bridgehead atoms. The van der Waals surface area contributed by atoms with Crippen molar-refractivity contribution in [3.63, 3.8) is 0 Å². The Morgan fingerprint density at radius 1 is 1.18 bits per heavy atom. The molecule has 1 aliphatic heterocycles. The fourth-order valence-electron chi connectivity index (χ4n) is 3.65. The number of aromatic nitrogens is 7. The Morgan fingerprint density at radius 2 is 1.87 bits per heavy atom. The molecule has 1 fully saturated rings. The van der Waals surface area contributed by atoms with Crippen molar-refractivity contribution in [1.29, 1.82) is 0 Å². The van der Waals surface area contributed by atoms with Gasteiger partial charge in [-0.25, -0.2) is 19.7 Å². The molecule has 5 heterocycles. The van der Waals surface area contributed by atoms with Crippen molar-refractivity contribution in [2.45, 2.75) is 38.2 Å². The number of pyridine rings is 1. The van der Waals surface area contributed by atoms with Crippen LogP contribution in [0.5, 0.6) is 0 Å². The quantitative estimate of drug-likeness (QED) is 0.404. The van der Waals surface area contributed by atoms with Crippen LogP contribution in [0.3, 0.4) is 0 Å². The zero-order valence-electron chi connectivity index (χ0n) is 20.3. The highest BCUT2D eigenvalue weighted by atomic mass is 19.4. The standard InChI is InChI=1S/C13H17N5O4.C10H6F3N3/c1-7(10(14)19)18-6-15-11-9(18)12(20)17(13(21)16(11)2)5-8-3-4-22-8;11-10(12,13)9-15-5-7(6-16-9)8-3-1-2-4-14-8/h6-8H,3-5H2,1-2H3,(H2,14,19);1-6H/t7-,8?;/m0./s1. The SMILES string of the molecule is C[C@@H](C(N)=O)n1cnc2c1c(=O)n(CC1CCO1)c(=O)n2C.FC(F)(F)c1ncc(-c2ccccn2)cn1. The molecule has 2 atom stereocenters. The summed E-state index contributed by atoms with van der Waals surface area (Å²) in [4.78, 5) is 50.9. The molecular formula is C23H23F3N8O4. The Bertz CT molecular complexity index is 1560. The van der Waals surface area contributed by atoms with E-state index in [1.54, 1.807) is 31.3 Å². The van der Waals surface area contributed by atoms with Crippen molar-refractivity contribution in [2.75, 3.05) is 6.61 Å². The average Bonchev–Trinajstić information content (AvgIpc) is 3.32. The van der Waals surface area contributed by atoms with Crippen LogP contribution in [-0.4, -0.2) is 52.3 Å². The van der Waals surface area contributed by atoms with Crippen molar-refractivity contribution >= 4 is 17.1 Å². The van der Waals surface area contributed by atoms with Gasteiger partial charge >= 0.3 is 11.9 Å². The number of primary amides is 1. The number of fused-ring (bicyclic) bond motifs is 1. The molecule has 4 aromatic rings. The molecule has 1 aliphatic rings. The van der Waals surface area contributed by atoms with E-state index < -0.39 is 35.2 Å². The van der Waals surface area contributed by atoms with Gasteiger partial charge in [-0.3, -0.25) is 23.7 Å². The molecular weight excluding hydrogens is 509 g/mol. The number of rotatable bonds is 5. The summed E-state index contributed by atoms with van der Waals surface area (Å²) < 4.78 is 45.6. The number of imidazole rings is 1. The molecule has 0 aliphatic carbocycles. The third-order valence-corrected chi connectivity index (χ3v) is 5.93. The molecule has 0 radical (unpaired) electrons. The predicted molar refractivity (Wildman–Crippen MR) is 128 cm³/mol. The molecule has 2 N–H and O–H groups in total. The number of ether oxygens (including phenoxy) is 1. The number of hydrogen-bond donors (Lipinski definition) is 1. The first-order valence-electron chi connectivity index (χ1n) is 11.4. The van der Waals surface area contributed by atoms with E-state index in [0.717, 1.165) is 23.4 Å². The highest BCUT2D eigenvalue weighted by Gasteiger charge is 2.34. The number of carbonyl (C=O) groups excluding carboxylic acids is 1. The molecule has 0 aromatic carbocycles. The largest absolute Gasteiger partial charge is 0.451 e. The van der Waals surface area contributed by atoms with Crippen LogP contribution in [0.15, 0.2) is 52.7 Å². The van der Waals surface area contributed by atoms with Gasteiger partial charge < -0.3 is 15.0 Å². The number of halogens is 3. The fourth-order valence-corrected chi connectivity index (χ4v) is 3.65. The van der Waals surface area contributed by atoms with Crippen LogP contribution < -0.4 is 17.0 Å². The molecule has 200 valence electrons. The number of alkyl halides is 3. The lowest BCUT2D eigenvalue weighted by Crippen LogP contribution is -2.45. The van der Waals surface area contributed by atoms with E-state index in [1.807, 2.05) is 0 Å². The van der Waals surface area contributed by atoms with Crippen LogP contribution in [0.1, 0.15) is 25.2 Å². The van der Waals surface area contributed by atoms with Crippen molar-refractivity contribution in [1.82, 2.24) is 33.6 Å². The monoisotopic (exact) mass is 532 g/mol. The molecule has 1 amide bonds. The second-order valence-electron chi connectivity index (χ2n) is 8.45. The Labute approximate surface area is 212 Å². The second kappa shape index (κ2) is 10.5. The summed E-state index contributed by atoms with van der Waals surface area (Å²) in [6, 6.07) is 4.39. The first-order chi connectivity index (χ1) is 18.0. The third-order valence-electron chi connectivity index (χ3n) is 5.93. The zero-order valence-corrected chi connectivity index (χ0v) is 20.3. The minimum atomic E-state index is -4.51.